The Balaban J connectivity index is 1.79. The van der Waals surface area contributed by atoms with Crippen LogP contribution in [-0.2, 0) is 17.7 Å². The minimum absolute atomic E-state index is 0.243. The van der Waals surface area contributed by atoms with Crippen LogP contribution in [0.3, 0.4) is 0 Å². The van der Waals surface area contributed by atoms with E-state index < -0.39 is 5.60 Å². The molecule has 1 fully saturated rings. The van der Waals surface area contributed by atoms with Gasteiger partial charge in [-0.3, -0.25) is 4.90 Å². The first-order valence-electron chi connectivity index (χ1n) is 10.0. The zero-order valence-electron chi connectivity index (χ0n) is 16.8. The van der Waals surface area contributed by atoms with Crippen LogP contribution in [0.15, 0.2) is 48.5 Å². The molecule has 3 nitrogen and oxygen atoms in total. The van der Waals surface area contributed by atoms with Crippen LogP contribution in [0.25, 0.3) is 0 Å². The molecule has 28 heavy (non-hydrogen) atoms. The fourth-order valence-electron chi connectivity index (χ4n) is 4.11. The Morgan fingerprint density at radius 3 is 2.64 bits per heavy atom. The van der Waals surface area contributed by atoms with Gasteiger partial charge in [-0.15, -0.1) is 9.24 Å². The Kier molecular flexibility index (Phi) is 7.53. The Hall–Kier alpha value is -0.960. The third-order valence-corrected chi connectivity index (χ3v) is 6.29. The number of hydrogen-bond donors (Lipinski definition) is 1. The number of aliphatic hydroxyl groups is 1. The van der Waals surface area contributed by atoms with E-state index in [1.807, 2.05) is 24.3 Å². The molecule has 0 saturated carbocycles. The van der Waals surface area contributed by atoms with E-state index >= 15 is 0 Å². The molecule has 0 bridgehead atoms. The molecule has 1 saturated heterocycles. The van der Waals surface area contributed by atoms with Gasteiger partial charge in [-0.25, -0.2) is 0 Å². The number of ether oxygens (including phenoxy) is 1. The summed E-state index contributed by atoms with van der Waals surface area (Å²) >= 11 is 6.47. The van der Waals surface area contributed by atoms with Crippen molar-refractivity contribution in [3.63, 3.8) is 0 Å². The van der Waals surface area contributed by atoms with Crippen molar-refractivity contribution < 1.29 is 9.84 Å². The standard InChI is InChI=1S/C23H31ClNO2P/c1-17(2)13-23(26,14-19-20(24)9-6-10-21(19)28)22-16-25(11-12-27-22)15-18-7-4-3-5-8-18/h3-10,17,22,26H,11-16,28H2,1-2H3. The summed E-state index contributed by atoms with van der Waals surface area (Å²) in [6, 6.07) is 16.3. The minimum Gasteiger partial charge on any atom is -0.387 e. The van der Waals surface area contributed by atoms with Crippen molar-refractivity contribution in [2.24, 2.45) is 5.92 Å². The van der Waals surface area contributed by atoms with Gasteiger partial charge in [0.05, 0.1) is 18.3 Å². The molecule has 5 heteroatoms. The maximum Gasteiger partial charge on any atom is 0.0992 e. The van der Waals surface area contributed by atoms with Crippen molar-refractivity contribution in [3.05, 3.63) is 64.7 Å². The molecule has 0 aromatic heterocycles. The molecule has 2 aromatic rings. The molecule has 1 aliphatic rings. The number of hydrogen-bond acceptors (Lipinski definition) is 3. The molecule has 152 valence electrons. The highest BCUT2D eigenvalue weighted by Crippen LogP contribution is 2.32. The molecule has 0 aliphatic carbocycles. The van der Waals surface area contributed by atoms with Gasteiger partial charge in [-0.2, -0.15) is 0 Å². The van der Waals surface area contributed by atoms with E-state index in [1.54, 1.807) is 0 Å². The maximum atomic E-state index is 11.8. The lowest BCUT2D eigenvalue weighted by Crippen LogP contribution is -2.56. The maximum absolute atomic E-state index is 11.8. The van der Waals surface area contributed by atoms with Crippen molar-refractivity contribution in [2.75, 3.05) is 19.7 Å². The van der Waals surface area contributed by atoms with Crippen LogP contribution in [-0.4, -0.2) is 41.4 Å². The van der Waals surface area contributed by atoms with E-state index in [1.165, 1.54) is 5.56 Å². The van der Waals surface area contributed by atoms with Crippen molar-refractivity contribution >= 4 is 26.1 Å². The highest BCUT2D eigenvalue weighted by atomic mass is 35.5. The van der Waals surface area contributed by atoms with Gasteiger partial charge in [0, 0.05) is 31.1 Å². The van der Waals surface area contributed by atoms with Crippen LogP contribution in [0, 0.1) is 5.92 Å². The summed E-state index contributed by atoms with van der Waals surface area (Å²) in [4.78, 5) is 2.38. The molecule has 3 unspecified atom stereocenters. The summed E-state index contributed by atoms with van der Waals surface area (Å²) in [6.45, 7) is 7.39. The molecule has 1 aliphatic heterocycles. The van der Waals surface area contributed by atoms with Crippen LogP contribution in [0.1, 0.15) is 31.4 Å². The summed E-state index contributed by atoms with van der Waals surface area (Å²) < 4.78 is 6.12. The average molecular weight is 420 g/mol. The summed E-state index contributed by atoms with van der Waals surface area (Å²) in [6.07, 6.45) is 0.924. The summed E-state index contributed by atoms with van der Waals surface area (Å²) in [5, 5.41) is 13.5. The largest absolute Gasteiger partial charge is 0.387 e. The lowest BCUT2D eigenvalue weighted by atomic mass is 9.81. The monoisotopic (exact) mass is 419 g/mol. The first-order valence-corrected chi connectivity index (χ1v) is 11.0. The number of benzene rings is 2. The van der Waals surface area contributed by atoms with Gasteiger partial charge in [0.2, 0.25) is 0 Å². The van der Waals surface area contributed by atoms with E-state index in [4.69, 9.17) is 16.3 Å². The normalized spacial score (nSPS) is 20.3. The quantitative estimate of drug-likeness (QED) is 0.687. The van der Waals surface area contributed by atoms with Crippen molar-refractivity contribution in [3.8, 4) is 0 Å². The highest BCUT2D eigenvalue weighted by Gasteiger charge is 2.41. The van der Waals surface area contributed by atoms with E-state index in [2.05, 4.69) is 52.3 Å². The molecule has 0 radical (unpaired) electrons. The molecule has 0 spiro atoms. The van der Waals surface area contributed by atoms with Gasteiger partial charge < -0.3 is 9.84 Å². The number of halogens is 1. The molecular weight excluding hydrogens is 389 g/mol. The fraction of sp³-hybridized carbons (Fsp3) is 0.478. The van der Waals surface area contributed by atoms with Crippen LogP contribution >= 0.6 is 20.8 Å². The highest BCUT2D eigenvalue weighted by molar-refractivity contribution is 7.27. The molecule has 1 heterocycles. The molecule has 2 aromatic carbocycles. The van der Waals surface area contributed by atoms with Gasteiger partial charge >= 0.3 is 0 Å². The molecule has 1 N–H and O–H groups in total. The van der Waals surface area contributed by atoms with Gasteiger partial charge in [-0.05, 0) is 34.8 Å². The van der Waals surface area contributed by atoms with E-state index in [9.17, 15) is 5.11 Å². The second-order valence-corrected chi connectivity index (χ2v) is 9.30. The van der Waals surface area contributed by atoms with Crippen LogP contribution in [0.5, 0.6) is 0 Å². The van der Waals surface area contributed by atoms with E-state index in [0.717, 1.165) is 30.5 Å². The molecule has 3 rings (SSSR count). The number of nitrogens with zero attached hydrogens (tertiary/aromatic N) is 1. The molecule has 0 amide bonds. The second kappa shape index (κ2) is 9.69. The third kappa shape index (κ3) is 5.55. The Bertz CT molecular complexity index is 750. The predicted molar refractivity (Wildman–Crippen MR) is 120 cm³/mol. The molecule has 3 atom stereocenters. The van der Waals surface area contributed by atoms with Crippen molar-refractivity contribution in [2.45, 2.75) is 44.9 Å². The minimum atomic E-state index is -0.958. The topological polar surface area (TPSA) is 32.7 Å². The fourth-order valence-corrected chi connectivity index (χ4v) is 4.81. The van der Waals surface area contributed by atoms with E-state index in [0.29, 0.717) is 30.4 Å². The predicted octanol–water partition coefficient (Wildman–Crippen LogP) is 4.06. The van der Waals surface area contributed by atoms with Crippen molar-refractivity contribution in [1.29, 1.82) is 0 Å². The Morgan fingerprint density at radius 2 is 1.96 bits per heavy atom. The summed E-state index contributed by atoms with van der Waals surface area (Å²) in [5.41, 5.74) is 1.31. The SMILES string of the molecule is CC(C)CC(O)(Cc1c(P)cccc1Cl)C1CN(Cc2ccccc2)CCO1. The van der Waals surface area contributed by atoms with Gasteiger partial charge in [-0.1, -0.05) is 67.9 Å². The first-order chi connectivity index (χ1) is 13.4. The zero-order chi connectivity index (χ0) is 20.1. The smallest absolute Gasteiger partial charge is 0.0992 e. The van der Waals surface area contributed by atoms with Gasteiger partial charge in [0.25, 0.3) is 0 Å². The van der Waals surface area contributed by atoms with Crippen LogP contribution < -0.4 is 5.30 Å². The lowest BCUT2D eigenvalue weighted by Gasteiger charge is -2.43. The summed E-state index contributed by atoms with van der Waals surface area (Å²) in [5.74, 6) is 0.355. The Labute approximate surface area is 176 Å². The zero-order valence-corrected chi connectivity index (χ0v) is 18.7. The molecular formula is C23H31ClNO2P. The first kappa shape index (κ1) is 21.7. The van der Waals surface area contributed by atoms with Crippen molar-refractivity contribution in [1.82, 2.24) is 4.90 Å². The van der Waals surface area contributed by atoms with Gasteiger partial charge in [0.1, 0.15) is 0 Å². The third-order valence-electron chi connectivity index (χ3n) is 5.40. The Morgan fingerprint density at radius 1 is 1.21 bits per heavy atom. The number of morpholine rings is 1. The van der Waals surface area contributed by atoms with E-state index in [-0.39, 0.29) is 6.10 Å². The van der Waals surface area contributed by atoms with Crippen LogP contribution in [0.2, 0.25) is 5.02 Å². The van der Waals surface area contributed by atoms with Gasteiger partial charge in [0.15, 0.2) is 0 Å². The second-order valence-electron chi connectivity index (χ2n) is 8.27. The number of rotatable bonds is 7. The summed E-state index contributed by atoms with van der Waals surface area (Å²) in [7, 11) is 2.74. The average Bonchev–Trinajstić information content (AvgIpc) is 2.65. The van der Waals surface area contributed by atoms with Crippen LogP contribution in [0.4, 0.5) is 0 Å². The lowest BCUT2D eigenvalue weighted by molar-refractivity contribution is -0.151.